The van der Waals surface area contributed by atoms with Gasteiger partial charge in [0.1, 0.15) is 12.1 Å². The smallest absolute Gasteiger partial charge is 0.321 e. The van der Waals surface area contributed by atoms with Crippen molar-refractivity contribution in [3.05, 3.63) is 0 Å². The molecule has 0 unspecified atom stereocenters. The Hall–Kier alpha value is -1.14. The Morgan fingerprint density at radius 2 is 2.42 bits per heavy atom. The van der Waals surface area contributed by atoms with E-state index in [0.29, 0.717) is 6.54 Å². The lowest BCUT2D eigenvalue weighted by Crippen LogP contribution is -2.40. The summed E-state index contributed by atoms with van der Waals surface area (Å²) in [5.41, 5.74) is 2.16. The number of amides is 1. The second-order valence-electron chi connectivity index (χ2n) is 2.87. The first-order valence-electron chi connectivity index (χ1n) is 3.62. The highest BCUT2D eigenvalue weighted by atomic mass is 16.7. The van der Waals surface area contributed by atoms with Gasteiger partial charge in [-0.3, -0.25) is 14.4 Å². The molecule has 66 valence electrons. The zero-order valence-corrected chi connectivity index (χ0v) is 6.11. The van der Waals surface area contributed by atoms with Crippen molar-refractivity contribution in [2.24, 2.45) is 5.92 Å². The third kappa shape index (κ3) is 0.886. The minimum absolute atomic E-state index is 0.335. The maximum atomic E-state index is 11.0. The normalized spacial score (nSPS) is 39.3. The van der Waals surface area contributed by atoms with Crippen molar-refractivity contribution in [1.82, 2.24) is 10.8 Å². The fourth-order valence-electron chi connectivity index (χ4n) is 1.59. The number of hydroxylamine groups is 1. The summed E-state index contributed by atoms with van der Waals surface area (Å²) in [5, 5.41) is 11.4. The van der Waals surface area contributed by atoms with Gasteiger partial charge in [-0.25, -0.2) is 5.48 Å². The predicted molar refractivity (Wildman–Crippen MR) is 35.9 cm³/mol. The van der Waals surface area contributed by atoms with Crippen LogP contribution in [0.5, 0.6) is 0 Å². The van der Waals surface area contributed by atoms with E-state index in [-0.39, 0.29) is 12.0 Å². The third-order valence-electron chi connectivity index (χ3n) is 2.18. The SMILES string of the molecule is O=C1NO[C@H]2CN[C@H](C(=O)O)[C@@H]12. The third-order valence-corrected chi connectivity index (χ3v) is 2.18. The predicted octanol–water partition coefficient (Wildman–Crippen LogP) is -1.91. The van der Waals surface area contributed by atoms with E-state index in [0.717, 1.165) is 0 Å². The quantitative estimate of drug-likeness (QED) is 0.429. The number of carbonyl (C=O) groups is 2. The van der Waals surface area contributed by atoms with Crippen LogP contribution in [0.2, 0.25) is 0 Å². The highest BCUT2D eigenvalue weighted by molar-refractivity contribution is 5.88. The second-order valence-corrected chi connectivity index (χ2v) is 2.87. The molecule has 0 radical (unpaired) electrons. The Morgan fingerprint density at radius 3 is 3.08 bits per heavy atom. The van der Waals surface area contributed by atoms with Gasteiger partial charge in [0.2, 0.25) is 0 Å². The van der Waals surface area contributed by atoms with Gasteiger partial charge in [0, 0.05) is 6.54 Å². The lowest BCUT2D eigenvalue weighted by atomic mass is 9.99. The molecule has 0 saturated carbocycles. The molecular weight excluding hydrogens is 164 g/mol. The number of carboxylic acid groups (broad SMARTS) is 1. The molecule has 3 atom stereocenters. The van der Waals surface area contributed by atoms with Gasteiger partial charge >= 0.3 is 5.97 Å². The highest BCUT2D eigenvalue weighted by Crippen LogP contribution is 2.23. The summed E-state index contributed by atoms with van der Waals surface area (Å²) in [6, 6.07) is -0.808. The van der Waals surface area contributed by atoms with Gasteiger partial charge in [0.25, 0.3) is 5.91 Å². The Bertz CT molecular complexity index is 242. The topological polar surface area (TPSA) is 87.7 Å². The van der Waals surface area contributed by atoms with Crippen LogP contribution < -0.4 is 10.8 Å². The zero-order valence-electron chi connectivity index (χ0n) is 6.11. The number of carbonyl (C=O) groups excluding carboxylic acids is 1. The van der Waals surface area contributed by atoms with Gasteiger partial charge in [0.05, 0.1) is 5.92 Å². The van der Waals surface area contributed by atoms with Crippen molar-refractivity contribution < 1.29 is 19.5 Å². The molecule has 12 heavy (non-hydrogen) atoms. The summed E-state index contributed by atoms with van der Waals surface area (Å²) in [7, 11) is 0. The van der Waals surface area contributed by atoms with Gasteiger partial charge < -0.3 is 10.4 Å². The molecule has 3 N–H and O–H groups in total. The standard InChI is InChI=1S/C6H8N2O4/c9-5-3-2(12-8-5)1-7-4(3)6(10)11/h2-4,7H,1H2,(H,8,9)(H,10,11)/t2-,3-,4-/m0/s1. The van der Waals surface area contributed by atoms with Crippen LogP contribution in [0.1, 0.15) is 0 Å². The molecule has 0 spiro atoms. The molecule has 2 heterocycles. The number of nitrogens with one attached hydrogen (secondary N) is 2. The highest BCUT2D eigenvalue weighted by Gasteiger charge is 2.49. The lowest BCUT2D eigenvalue weighted by molar-refractivity contribution is -0.142. The van der Waals surface area contributed by atoms with Crippen LogP contribution in [0.4, 0.5) is 0 Å². The van der Waals surface area contributed by atoms with Crippen molar-refractivity contribution in [2.75, 3.05) is 6.54 Å². The molecule has 6 heteroatoms. The fourth-order valence-corrected chi connectivity index (χ4v) is 1.59. The molecule has 0 bridgehead atoms. The van der Waals surface area contributed by atoms with Gasteiger partial charge in [-0.15, -0.1) is 0 Å². The first-order valence-corrected chi connectivity index (χ1v) is 3.62. The average Bonchev–Trinajstić information content (AvgIpc) is 2.53. The fraction of sp³-hybridized carbons (Fsp3) is 0.667. The van der Waals surface area contributed by atoms with Crippen molar-refractivity contribution >= 4 is 11.9 Å². The molecule has 0 aromatic carbocycles. The van der Waals surface area contributed by atoms with Crippen LogP contribution in [0.15, 0.2) is 0 Å². The van der Waals surface area contributed by atoms with E-state index in [1.165, 1.54) is 0 Å². The summed E-state index contributed by atoms with van der Waals surface area (Å²) in [5.74, 6) is -1.94. The molecule has 0 aromatic heterocycles. The first kappa shape index (κ1) is 7.51. The summed E-state index contributed by atoms with van der Waals surface area (Å²) >= 11 is 0. The number of fused-ring (bicyclic) bond motifs is 1. The number of carboxylic acids is 1. The molecule has 2 aliphatic rings. The van der Waals surface area contributed by atoms with Crippen LogP contribution in [0, 0.1) is 5.92 Å². The number of rotatable bonds is 1. The van der Waals surface area contributed by atoms with Crippen molar-refractivity contribution in [1.29, 1.82) is 0 Å². The van der Waals surface area contributed by atoms with Crippen LogP contribution in [0.3, 0.4) is 0 Å². The lowest BCUT2D eigenvalue weighted by Gasteiger charge is -2.08. The molecule has 0 aromatic rings. The molecule has 2 aliphatic heterocycles. The van der Waals surface area contributed by atoms with Crippen LogP contribution >= 0.6 is 0 Å². The van der Waals surface area contributed by atoms with E-state index in [1.807, 2.05) is 0 Å². The van der Waals surface area contributed by atoms with Gasteiger partial charge in [-0.2, -0.15) is 0 Å². The molecule has 2 fully saturated rings. The molecule has 1 amide bonds. The van der Waals surface area contributed by atoms with E-state index in [9.17, 15) is 9.59 Å². The molecule has 6 nitrogen and oxygen atoms in total. The molecule has 2 saturated heterocycles. The van der Waals surface area contributed by atoms with E-state index in [1.54, 1.807) is 0 Å². The van der Waals surface area contributed by atoms with Gasteiger partial charge in [-0.05, 0) is 0 Å². The van der Waals surface area contributed by atoms with Crippen LogP contribution in [-0.2, 0) is 14.4 Å². The first-order chi connectivity index (χ1) is 5.70. The largest absolute Gasteiger partial charge is 0.480 e. The minimum atomic E-state index is -1.01. The number of aliphatic carboxylic acids is 1. The van der Waals surface area contributed by atoms with Crippen LogP contribution in [0.25, 0.3) is 0 Å². The molecule has 0 aliphatic carbocycles. The van der Waals surface area contributed by atoms with Crippen LogP contribution in [-0.4, -0.2) is 35.7 Å². The van der Waals surface area contributed by atoms with Crippen molar-refractivity contribution in [2.45, 2.75) is 12.1 Å². The van der Waals surface area contributed by atoms with Gasteiger partial charge in [-0.1, -0.05) is 0 Å². The van der Waals surface area contributed by atoms with E-state index in [2.05, 4.69) is 10.8 Å². The number of hydrogen-bond acceptors (Lipinski definition) is 4. The Kier molecular flexibility index (Phi) is 1.52. The molecular formula is C6H8N2O4. The maximum absolute atomic E-state index is 11.0. The second kappa shape index (κ2) is 2.43. The maximum Gasteiger partial charge on any atom is 0.321 e. The average molecular weight is 172 g/mol. The summed E-state index contributed by atoms with van der Waals surface area (Å²) in [4.78, 5) is 26.5. The van der Waals surface area contributed by atoms with E-state index in [4.69, 9.17) is 9.94 Å². The minimum Gasteiger partial charge on any atom is -0.480 e. The van der Waals surface area contributed by atoms with E-state index < -0.39 is 17.9 Å². The number of hydrogen-bond donors (Lipinski definition) is 3. The summed E-state index contributed by atoms with van der Waals surface area (Å²) in [6.07, 6.45) is -0.335. The Balaban J connectivity index is 2.19. The van der Waals surface area contributed by atoms with Gasteiger partial charge in [0.15, 0.2) is 0 Å². The Labute approximate surface area is 67.8 Å². The van der Waals surface area contributed by atoms with E-state index >= 15 is 0 Å². The summed E-state index contributed by atoms with van der Waals surface area (Å²) < 4.78 is 0. The van der Waals surface area contributed by atoms with Crippen molar-refractivity contribution in [3.8, 4) is 0 Å². The Morgan fingerprint density at radius 1 is 1.67 bits per heavy atom. The monoisotopic (exact) mass is 172 g/mol. The van der Waals surface area contributed by atoms with Crippen molar-refractivity contribution in [3.63, 3.8) is 0 Å². The summed E-state index contributed by atoms with van der Waals surface area (Å²) in [6.45, 7) is 0.403. The zero-order chi connectivity index (χ0) is 8.72. The molecule has 2 rings (SSSR count).